The molecule has 0 aromatic heterocycles. The molecule has 0 bridgehead atoms. The Morgan fingerprint density at radius 1 is 1.58 bits per heavy atom. The lowest BCUT2D eigenvalue weighted by Gasteiger charge is -2.04. The van der Waals surface area contributed by atoms with Crippen LogP contribution in [0.1, 0.15) is 10.4 Å². The maximum absolute atomic E-state index is 10.6. The van der Waals surface area contributed by atoms with Gasteiger partial charge < -0.3 is 9.84 Å². The van der Waals surface area contributed by atoms with Crippen LogP contribution in [0.25, 0.3) is 0 Å². The monoisotopic (exact) mass is 184 g/mol. The molecule has 1 rings (SSSR count). The summed E-state index contributed by atoms with van der Waals surface area (Å²) >= 11 is 4.05. The van der Waals surface area contributed by atoms with Crippen molar-refractivity contribution in [3.63, 3.8) is 0 Å². The topological polar surface area (TPSA) is 46.5 Å². The minimum absolute atomic E-state index is 0.148. The molecule has 0 aliphatic carbocycles. The Bertz CT molecular complexity index is 309. The second kappa shape index (κ2) is 3.49. The van der Waals surface area contributed by atoms with Crippen LogP contribution in [-0.2, 0) is 0 Å². The first kappa shape index (κ1) is 8.93. The van der Waals surface area contributed by atoms with Crippen molar-refractivity contribution in [2.24, 2.45) is 0 Å². The summed E-state index contributed by atoms with van der Waals surface area (Å²) in [6.45, 7) is 0. The van der Waals surface area contributed by atoms with Crippen LogP contribution < -0.4 is 4.74 Å². The summed E-state index contributed by atoms with van der Waals surface area (Å²) in [5.41, 5.74) is 0.148. The Hall–Kier alpha value is -1.16. The van der Waals surface area contributed by atoms with Gasteiger partial charge in [0.15, 0.2) is 0 Å². The smallest absolute Gasteiger partial charge is 0.339 e. The molecule has 0 atom stereocenters. The van der Waals surface area contributed by atoms with Crippen LogP contribution in [0.3, 0.4) is 0 Å². The number of benzene rings is 1. The number of ether oxygens (including phenoxy) is 1. The van der Waals surface area contributed by atoms with E-state index >= 15 is 0 Å². The zero-order valence-corrected chi connectivity index (χ0v) is 7.34. The average Bonchev–Trinajstić information content (AvgIpc) is 2.03. The molecule has 0 unspecified atom stereocenters. The highest BCUT2D eigenvalue weighted by Crippen LogP contribution is 2.21. The molecule has 0 amide bonds. The van der Waals surface area contributed by atoms with E-state index < -0.39 is 5.97 Å². The molecular formula is C8H8O3S. The number of thiol groups is 1. The standard InChI is InChI=1S/C8H8O3S/c1-11-7-4-5(12)2-3-6(7)8(9)10/h2-4,12H,1H3,(H,9,10). The first-order valence-electron chi connectivity index (χ1n) is 3.25. The predicted octanol–water partition coefficient (Wildman–Crippen LogP) is 1.68. The summed E-state index contributed by atoms with van der Waals surface area (Å²) < 4.78 is 4.86. The number of carboxylic acids is 1. The van der Waals surface area contributed by atoms with E-state index in [-0.39, 0.29) is 5.56 Å². The van der Waals surface area contributed by atoms with E-state index in [1.54, 1.807) is 12.1 Å². The first-order valence-corrected chi connectivity index (χ1v) is 3.70. The molecule has 1 N–H and O–H groups in total. The molecule has 0 spiro atoms. The summed E-state index contributed by atoms with van der Waals surface area (Å²) in [7, 11) is 1.43. The number of carboxylic acid groups (broad SMARTS) is 1. The van der Waals surface area contributed by atoms with Gasteiger partial charge in [0.1, 0.15) is 11.3 Å². The average molecular weight is 184 g/mol. The van der Waals surface area contributed by atoms with Crippen molar-refractivity contribution in [1.29, 1.82) is 0 Å². The SMILES string of the molecule is COc1cc(S)ccc1C(=O)O. The second-order valence-electron chi connectivity index (χ2n) is 2.19. The Morgan fingerprint density at radius 3 is 2.75 bits per heavy atom. The van der Waals surface area contributed by atoms with Gasteiger partial charge in [-0.25, -0.2) is 4.79 Å². The number of methoxy groups -OCH3 is 1. The van der Waals surface area contributed by atoms with Crippen molar-refractivity contribution in [3.8, 4) is 5.75 Å². The van der Waals surface area contributed by atoms with Crippen molar-refractivity contribution in [1.82, 2.24) is 0 Å². The van der Waals surface area contributed by atoms with Crippen molar-refractivity contribution in [2.75, 3.05) is 7.11 Å². The lowest BCUT2D eigenvalue weighted by atomic mass is 10.2. The quantitative estimate of drug-likeness (QED) is 0.687. The highest BCUT2D eigenvalue weighted by Gasteiger charge is 2.09. The van der Waals surface area contributed by atoms with Gasteiger partial charge in [-0.15, -0.1) is 12.6 Å². The minimum Gasteiger partial charge on any atom is -0.496 e. The summed E-state index contributed by atoms with van der Waals surface area (Å²) in [6, 6.07) is 4.63. The number of carbonyl (C=O) groups is 1. The normalized spacial score (nSPS) is 9.50. The third kappa shape index (κ3) is 1.71. The van der Waals surface area contributed by atoms with Crippen LogP contribution in [0, 0.1) is 0 Å². The predicted molar refractivity (Wildman–Crippen MR) is 47.2 cm³/mol. The van der Waals surface area contributed by atoms with Gasteiger partial charge in [0, 0.05) is 4.90 Å². The summed E-state index contributed by atoms with van der Waals surface area (Å²) in [5, 5.41) is 8.68. The molecule has 0 aliphatic heterocycles. The molecule has 3 nitrogen and oxygen atoms in total. The van der Waals surface area contributed by atoms with E-state index in [0.717, 1.165) is 0 Å². The number of hydrogen-bond donors (Lipinski definition) is 2. The lowest BCUT2D eigenvalue weighted by Crippen LogP contribution is -1.99. The zero-order chi connectivity index (χ0) is 9.14. The van der Waals surface area contributed by atoms with Crippen molar-refractivity contribution in [2.45, 2.75) is 4.90 Å². The summed E-state index contributed by atoms with van der Waals surface area (Å²) in [6.07, 6.45) is 0. The van der Waals surface area contributed by atoms with Crippen LogP contribution >= 0.6 is 12.6 Å². The van der Waals surface area contributed by atoms with Crippen molar-refractivity contribution in [3.05, 3.63) is 23.8 Å². The molecular weight excluding hydrogens is 176 g/mol. The van der Waals surface area contributed by atoms with Crippen LogP contribution in [0.5, 0.6) is 5.75 Å². The highest BCUT2D eigenvalue weighted by molar-refractivity contribution is 7.80. The van der Waals surface area contributed by atoms with Crippen LogP contribution in [-0.4, -0.2) is 18.2 Å². The van der Waals surface area contributed by atoms with Crippen LogP contribution in [0.2, 0.25) is 0 Å². The molecule has 0 aliphatic rings. The van der Waals surface area contributed by atoms with E-state index in [1.165, 1.54) is 13.2 Å². The van der Waals surface area contributed by atoms with E-state index in [9.17, 15) is 4.79 Å². The van der Waals surface area contributed by atoms with E-state index in [4.69, 9.17) is 9.84 Å². The van der Waals surface area contributed by atoms with Gasteiger partial charge in [-0.05, 0) is 18.2 Å². The van der Waals surface area contributed by atoms with Crippen LogP contribution in [0.15, 0.2) is 23.1 Å². The number of aromatic carboxylic acids is 1. The molecule has 1 aromatic rings. The van der Waals surface area contributed by atoms with Gasteiger partial charge in [0.25, 0.3) is 0 Å². The molecule has 0 fully saturated rings. The molecule has 4 heteroatoms. The molecule has 0 radical (unpaired) electrons. The first-order chi connectivity index (χ1) is 5.65. The maximum atomic E-state index is 10.6. The van der Waals surface area contributed by atoms with Gasteiger partial charge >= 0.3 is 5.97 Å². The third-order valence-electron chi connectivity index (χ3n) is 1.42. The van der Waals surface area contributed by atoms with Gasteiger partial charge in [0.05, 0.1) is 7.11 Å². The van der Waals surface area contributed by atoms with E-state index in [0.29, 0.717) is 10.6 Å². The lowest BCUT2D eigenvalue weighted by molar-refractivity contribution is 0.0693. The summed E-state index contributed by atoms with van der Waals surface area (Å²) in [5.74, 6) is -0.671. The van der Waals surface area contributed by atoms with Crippen LogP contribution in [0.4, 0.5) is 0 Å². The molecule has 0 saturated carbocycles. The second-order valence-corrected chi connectivity index (χ2v) is 2.71. The Kier molecular flexibility index (Phi) is 2.60. The molecule has 12 heavy (non-hydrogen) atoms. The minimum atomic E-state index is -1.000. The Balaban J connectivity index is 3.20. The third-order valence-corrected chi connectivity index (χ3v) is 1.69. The van der Waals surface area contributed by atoms with Crippen molar-refractivity contribution < 1.29 is 14.6 Å². The molecule has 0 heterocycles. The van der Waals surface area contributed by atoms with Gasteiger partial charge in [0.2, 0.25) is 0 Å². The van der Waals surface area contributed by atoms with Gasteiger partial charge in [-0.1, -0.05) is 0 Å². The van der Waals surface area contributed by atoms with E-state index in [2.05, 4.69) is 12.6 Å². The fourth-order valence-electron chi connectivity index (χ4n) is 0.857. The molecule has 64 valence electrons. The molecule has 0 saturated heterocycles. The fraction of sp³-hybridized carbons (Fsp3) is 0.125. The van der Waals surface area contributed by atoms with Crippen molar-refractivity contribution >= 4 is 18.6 Å². The maximum Gasteiger partial charge on any atom is 0.339 e. The highest BCUT2D eigenvalue weighted by atomic mass is 32.1. The number of hydrogen-bond acceptors (Lipinski definition) is 3. The van der Waals surface area contributed by atoms with Gasteiger partial charge in [-0.2, -0.15) is 0 Å². The Labute approximate surface area is 75.4 Å². The largest absolute Gasteiger partial charge is 0.496 e. The zero-order valence-electron chi connectivity index (χ0n) is 6.44. The number of rotatable bonds is 2. The van der Waals surface area contributed by atoms with Gasteiger partial charge in [-0.3, -0.25) is 0 Å². The summed E-state index contributed by atoms with van der Waals surface area (Å²) in [4.78, 5) is 11.3. The van der Waals surface area contributed by atoms with E-state index in [1.807, 2.05) is 0 Å². The fourth-order valence-corrected chi connectivity index (χ4v) is 1.05. The molecule has 1 aromatic carbocycles. The Morgan fingerprint density at radius 2 is 2.25 bits per heavy atom.